The van der Waals surface area contributed by atoms with Crippen molar-refractivity contribution in [1.82, 2.24) is 20.4 Å². The van der Waals surface area contributed by atoms with Crippen molar-refractivity contribution in [3.63, 3.8) is 0 Å². The van der Waals surface area contributed by atoms with Crippen LogP contribution in [-0.4, -0.2) is 66.4 Å². The first-order chi connectivity index (χ1) is 14.0. The van der Waals surface area contributed by atoms with E-state index in [1.54, 1.807) is 31.1 Å². The number of hydrogen-bond acceptors (Lipinski definition) is 7. The zero-order chi connectivity index (χ0) is 20.8. The lowest BCUT2D eigenvalue weighted by molar-refractivity contribution is -0.117. The average molecular weight is 422 g/mol. The smallest absolute Gasteiger partial charge is 0.318 e. The fraction of sp³-hybridized carbons (Fsp3) is 0.444. The summed E-state index contributed by atoms with van der Waals surface area (Å²) in [5, 5.41) is 14.1. The number of nitrogens with zero attached hydrogens (tertiary/aromatic N) is 4. The number of carbonyl (C=O) groups is 2. The Labute approximate surface area is 171 Å². The Hall–Kier alpha value is -2.79. The summed E-state index contributed by atoms with van der Waals surface area (Å²) in [6, 6.07) is 5.26. The summed E-state index contributed by atoms with van der Waals surface area (Å²) in [5.41, 5.74) is 0.920. The molecule has 1 fully saturated rings. The van der Waals surface area contributed by atoms with Gasteiger partial charge in [0.25, 0.3) is 0 Å². The van der Waals surface area contributed by atoms with Crippen LogP contribution in [0.5, 0.6) is 0 Å². The van der Waals surface area contributed by atoms with Crippen LogP contribution < -0.4 is 15.5 Å². The first kappa shape index (κ1) is 20.9. The summed E-state index contributed by atoms with van der Waals surface area (Å²) in [4.78, 5) is 28.5. The lowest BCUT2D eigenvalue weighted by Crippen LogP contribution is -2.54. The van der Waals surface area contributed by atoms with Crippen LogP contribution in [0.1, 0.15) is 11.9 Å². The number of methoxy groups -OCH3 is 1. The van der Waals surface area contributed by atoms with Gasteiger partial charge in [-0.1, -0.05) is 11.3 Å². The molecule has 3 rings (SSSR count). The van der Waals surface area contributed by atoms with Crippen LogP contribution >= 0.6 is 11.3 Å². The second kappa shape index (κ2) is 9.61. The third-order valence-electron chi connectivity index (χ3n) is 4.46. The second-order valence-corrected chi connectivity index (χ2v) is 7.61. The van der Waals surface area contributed by atoms with Gasteiger partial charge in [-0.3, -0.25) is 10.1 Å². The van der Waals surface area contributed by atoms with Crippen LogP contribution in [0.2, 0.25) is 0 Å². The van der Waals surface area contributed by atoms with Crippen molar-refractivity contribution in [3.05, 3.63) is 35.1 Å². The van der Waals surface area contributed by atoms with Crippen molar-refractivity contribution in [3.8, 4) is 0 Å². The molecule has 2 aromatic rings. The van der Waals surface area contributed by atoms with Crippen molar-refractivity contribution in [2.45, 2.75) is 19.6 Å². The molecule has 9 nitrogen and oxygen atoms in total. The summed E-state index contributed by atoms with van der Waals surface area (Å²) in [6.07, 6.45) is 0. The van der Waals surface area contributed by atoms with E-state index in [4.69, 9.17) is 4.74 Å². The highest BCUT2D eigenvalue weighted by Gasteiger charge is 2.24. The number of ether oxygens (including phenoxy) is 1. The van der Waals surface area contributed by atoms with Gasteiger partial charge in [0.05, 0.1) is 0 Å². The zero-order valence-electron chi connectivity index (χ0n) is 16.2. The molecule has 2 heterocycles. The zero-order valence-corrected chi connectivity index (χ0v) is 17.0. The van der Waals surface area contributed by atoms with Gasteiger partial charge in [0.2, 0.25) is 11.0 Å². The maximum atomic E-state index is 13.1. The maximum absolute atomic E-state index is 13.1. The highest BCUT2D eigenvalue weighted by Crippen LogP contribution is 2.17. The van der Waals surface area contributed by atoms with Gasteiger partial charge in [0.1, 0.15) is 23.5 Å². The Morgan fingerprint density at radius 3 is 2.55 bits per heavy atom. The number of hydrogen-bond donors (Lipinski definition) is 2. The summed E-state index contributed by atoms with van der Waals surface area (Å²) in [5.74, 6) is -0.647. The van der Waals surface area contributed by atoms with E-state index in [0.29, 0.717) is 42.9 Å². The third kappa shape index (κ3) is 5.61. The van der Waals surface area contributed by atoms with E-state index < -0.39 is 6.04 Å². The van der Waals surface area contributed by atoms with E-state index in [9.17, 15) is 14.0 Å². The van der Waals surface area contributed by atoms with Crippen molar-refractivity contribution in [1.29, 1.82) is 0 Å². The van der Waals surface area contributed by atoms with E-state index in [2.05, 4.69) is 25.7 Å². The molecular weight excluding hydrogens is 399 g/mol. The molecular formula is C18H23FN6O3S. The molecule has 29 heavy (non-hydrogen) atoms. The molecule has 0 radical (unpaired) electrons. The van der Waals surface area contributed by atoms with Crippen LogP contribution in [0, 0.1) is 5.82 Å². The van der Waals surface area contributed by atoms with Crippen LogP contribution in [0.25, 0.3) is 0 Å². The third-order valence-corrected chi connectivity index (χ3v) is 5.27. The number of carbonyl (C=O) groups excluding carboxylic acids is 2. The molecule has 3 amide bonds. The summed E-state index contributed by atoms with van der Waals surface area (Å²) in [6.45, 7) is 4.21. The second-order valence-electron chi connectivity index (χ2n) is 6.54. The standard InChI is InChI=1S/C18H23FN6O3S/c1-12(16(26)21-17-23-22-15(29-17)11-28-2)20-18(27)25-9-7-24(8-10-25)14-5-3-13(19)4-6-14/h3-6,12H,7-11H2,1-2H3,(H,20,27)(H,21,23,26). The van der Waals surface area contributed by atoms with Gasteiger partial charge in [-0.2, -0.15) is 0 Å². The fourth-order valence-corrected chi connectivity index (χ4v) is 3.58. The minimum Gasteiger partial charge on any atom is -0.377 e. The molecule has 0 aliphatic carbocycles. The van der Waals surface area contributed by atoms with Gasteiger partial charge in [-0.25, -0.2) is 9.18 Å². The monoisotopic (exact) mass is 422 g/mol. The van der Waals surface area contributed by atoms with Gasteiger partial charge >= 0.3 is 6.03 Å². The van der Waals surface area contributed by atoms with E-state index in [1.165, 1.54) is 23.5 Å². The number of aromatic nitrogens is 2. The molecule has 11 heteroatoms. The predicted octanol–water partition coefficient (Wildman–Crippen LogP) is 1.68. The number of anilines is 2. The van der Waals surface area contributed by atoms with E-state index in [1.807, 2.05) is 0 Å². The Morgan fingerprint density at radius 2 is 1.90 bits per heavy atom. The van der Waals surface area contributed by atoms with Crippen LogP contribution in [0.15, 0.2) is 24.3 Å². The first-order valence-corrected chi connectivity index (χ1v) is 9.96. The first-order valence-electron chi connectivity index (χ1n) is 9.14. The lowest BCUT2D eigenvalue weighted by atomic mass is 10.2. The molecule has 2 N–H and O–H groups in total. The molecule has 1 aliphatic heterocycles. The summed E-state index contributed by atoms with van der Waals surface area (Å²) < 4.78 is 18.0. The van der Waals surface area contributed by atoms with Crippen molar-refractivity contribution < 1.29 is 18.7 Å². The highest BCUT2D eigenvalue weighted by molar-refractivity contribution is 7.15. The minimum atomic E-state index is -0.729. The number of urea groups is 1. The molecule has 1 atom stereocenters. The summed E-state index contributed by atoms with van der Waals surface area (Å²) >= 11 is 1.22. The number of amides is 3. The predicted molar refractivity (Wildman–Crippen MR) is 107 cm³/mol. The number of halogens is 1. The number of piperazine rings is 1. The van der Waals surface area contributed by atoms with Crippen molar-refractivity contribution >= 4 is 34.1 Å². The van der Waals surface area contributed by atoms with Gasteiger partial charge in [0.15, 0.2) is 0 Å². The lowest BCUT2D eigenvalue weighted by Gasteiger charge is -2.36. The molecule has 1 saturated heterocycles. The van der Waals surface area contributed by atoms with Gasteiger partial charge in [-0.05, 0) is 31.2 Å². The van der Waals surface area contributed by atoms with Crippen LogP contribution in [-0.2, 0) is 16.1 Å². The van der Waals surface area contributed by atoms with E-state index in [-0.39, 0.29) is 17.8 Å². The normalized spacial score (nSPS) is 15.1. The Morgan fingerprint density at radius 1 is 1.21 bits per heavy atom. The largest absolute Gasteiger partial charge is 0.377 e. The van der Waals surface area contributed by atoms with Gasteiger partial charge < -0.3 is 19.9 Å². The average Bonchev–Trinajstić information content (AvgIpc) is 3.16. The van der Waals surface area contributed by atoms with E-state index in [0.717, 1.165) is 5.69 Å². The molecule has 1 unspecified atom stereocenters. The number of benzene rings is 1. The molecule has 0 saturated carbocycles. The quantitative estimate of drug-likeness (QED) is 0.735. The Balaban J connectivity index is 1.45. The molecule has 156 valence electrons. The summed E-state index contributed by atoms with van der Waals surface area (Å²) in [7, 11) is 1.55. The molecule has 1 aliphatic rings. The molecule has 0 bridgehead atoms. The van der Waals surface area contributed by atoms with Gasteiger partial charge in [-0.15, -0.1) is 10.2 Å². The van der Waals surface area contributed by atoms with E-state index >= 15 is 0 Å². The Bertz CT molecular complexity index is 838. The highest BCUT2D eigenvalue weighted by atomic mass is 32.1. The maximum Gasteiger partial charge on any atom is 0.318 e. The molecule has 1 aromatic heterocycles. The Kier molecular flexibility index (Phi) is 6.94. The number of nitrogens with one attached hydrogen (secondary N) is 2. The molecule has 0 spiro atoms. The molecule has 1 aromatic carbocycles. The van der Waals surface area contributed by atoms with Crippen molar-refractivity contribution in [2.75, 3.05) is 43.5 Å². The topological polar surface area (TPSA) is 99.7 Å². The number of rotatable bonds is 6. The minimum absolute atomic E-state index is 0.275. The van der Waals surface area contributed by atoms with Gasteiger partial charge in [0, 0.05) is 39.0 Å². The van der Waals surface area contributed by atoms with Crippen molar-refractivity contribution in [2.24, 2.45) is 0 Å². The van der Waals surface area contributed by atoms with Crippen LogP contribution in [0.4, 0.5) is 20.0 Å². The van der Waals surface area contributed by atoms with Crippen LogP contribution in [0.3, 0.4) is 0 Å². The SMILES string of the molecule is COCc1nnc(NC(=O)C(C)NC(=O)N2CCN(c3ccc(F)cc3)CC2)s1. The fourth-order valence-electron chi connectivity index (χ4n) is 2.86.